The van der Waals surface area contributed by atoms with Crippen LogP contribution in [0.15, 0.2) is 179 Å². The van der Waals surface area contributed by atoms with Crippen LogP contribution >= 0.6 is 0 Å². The highest BCUT2D eigenvalue weighted by molar-refractivity contribution is 6.28. The molecule has 2 heteroatoms. The second-order valence-corrected chi connectivity index (χ2v) is 13.2. The first kappa shape index (κ1) is 27.3. The fraction of sp³-hybridized carbons (Fsp3) is 0. The summed E-state index contributed by atoms with van der Waals surface area (Å²) in [5, 5.41) is 11.0. The zero-order valence-corrected chi connectivity index (χ0v) is 27.0. The Kier molecular flexibility index (Phi) is 5.70. The molecule has 11 aromatic rings. The van der Waals surface area contributed by atoms with Crippen molar-refractivity contribution >= 4 is 65.2 Å². The van der Waals surface area contributed by atoms with Gasteiger partial charge in [-0.1, -0.05) is 140 Å². The van der Waals surface area contributed by atoms with Crippen LogP contribution in [0.2, 0.25) is 0 Å². The molecule has 9 aromatic carbocycles. The normalized spacial score (nSPS) is 12.0. The van der Waals surface area contributed by atoms with E-state index >= 15 is 0 Å². The SMILES string of the molecule is c1ccc(-c2oc3cc(-c4ccc5ccc6c(-c7ccc8oc9ccccc9c8c7)ccc7ccc4c5c76)ccc3c2-c2ccccc2)cc1. The first-order chi connectivity index (χ1) is 24.8. The molecule has 0 atom stereocenters. The van der Waals surface area contributed by atoms with Gasteiger partial charge in [-0.3, -0.25) is 0 Å². The molecule has 0 radical (unpaired) electrons. The molecule has 0 aliphatic rings. The van der Waals surface area contributed by atoms with E-state index in [0.717, 1.165) is 60.9 Å². The molecule has 0 spiro atoms. The van der Waals surface area contributed by atoms with Crippen molar-refractivity contribution in [3.63, 3.8) is 0 Å². The Hall–Kier alpha value is -6.64. The van der Waals surface area contributed by atoms with E-state index in [1.54, 1.807) is 0 Å². The van der Waals surface area contributed by atoms with Gasteiger partial charge in [0.25, 0.3) is 0 Å². The van der Waals surface area contributed by atoms with Crippen LogP contribution < -0.4 is 0 Å². The molecule has 11 rings (SSSR count). The lowest BCUT2D eigenvalue weighted by molar-refractivity contribution is 0.632. The molecule has 0 N–H and O–H groups in total. The first-order valence-electron chi connectivity index (χ1n) is 17.1. The largest absolute Gasteiger partial charge is 0.456 e. The summed E-state index contributed by atoms with van der Waals surface area (Å²) in [6.07, 6.45) is 0. The summed E-state index contributed by atoms with van der Waals surface area (Å²) in [4.78, 5) is 0. The average molecular weight is 637 g/mol. The van der Waals surface area contributed by atoms with Gasteiger partial charge in [0.2, 0.25) is 0 Å². The van der Waals surface area contributed by atoms with Crippen LogP contribution in [0.25, 0.3) is 110 Å². The molecule has 2 nitrogen and oxygen atoms in total. The van der Waals surface area contributed by atoms with Crippen molar-refractivity contribution in [1.29, 1.82) is 0 Å². The van der Waals surface area contributed by atoms with E-state index in [-0.39, 0.29) is 0 Å². The quantitative estimate of drug-likeness (QED) is 0.180. The Morgan fingerprint density at radius 2 is 0.860 bits per heavy atom. The van der Waals surface area contributed by atoms with E-state index in [1.165, 1.54) is 49.0 Å². The Bertz CT molecular complexity index is 3070. The number of hydrogen-bond acceptors (Lipinski definition) is 2. The second-order valence-electron chi connectivity index (χ2n) is 13.2. The number of benzene rings is 9. The molecule has 0 saturated carbocycles. The van der Waals surface area contributed by atoms with Crippen LogP contribution in [0, 0.1) is 0 Å². The molecule has 0 bridgehead atoms. The van der Waals surface area contributed by atoms with Gasteiger partial charge in [0.1, 0.15) is 22.5 Å². The van der Waals surface area contributed by atoms with E-state index < -0.39 is 0 Å². The lowest BCUT2D eigenvalue weighted by Gasteiger charge is -2.16. The number of hydrogen-bond donors (Lipinski definition) is 0. The van der Waals surface area contributed by atoms with Crippen molar-refractivity contribution in [1.82, 2.24) is 0 Å². The van der Waals surface area contributed by atoms with Gasteiger partial charge in [0, 0.05) is 27.3 Å². The van der Waals surface area contributed by atoms with Crippen LogP contribution in [0.1, 0.15) is 0 Å². The minimum Gasteiger partial charge on any atom is -0.456 e. The van der Waals surface area contributed by atoms with E-state index in [4.69, 9.17) is 8.83 Å². The molecule has 50 heavy (non-hydrogen) atoms. The fourth-order valence-electron chi connectivity index (χ4n) is 8.15. The molecule has 232 valence electrons. The van der Waals surface area contributed by atoms with Crippen LogP contribution in [0.4, 0.5) is 0 Å². The summed E-state index contributed by atoms with van der Waals surface area (Å²) in [7, 11) is 0. The highest BCUT2D eigenvalue weighted by atomic mass is 16.3. The minimum absolute atomic E-state index is 0.885. The maximum absolute atomic E-state index is 6.74. The third kappa shape index (κ3) is 3.96. The summed E-state index contributed by atoms with van der Waals surface area (Å²) < 4.78 is 12.9. The Labute approximate surface area is 287 Å². The summed E-state index contributed by atoms with van der Waals surface area (Å²) in [6, 6.07) is 60.7. The van der Waals surface area contributed by atoms with Crippen molar-refractivity contribution in [2.75, 3.05) is 0 Å². The number of rotatable bonds is 4. The summed E-state index contributed by atoms with van der Waals surface area (Å²) in [5.41, 5.74) is 10.8. The monoisotopic (exact) mass is 636 g/mol. The smallest absolute Gasteiger partial charge is 0.143 e. The van der Waals surface area contributed by atoms with Gasteiger partial charge in [-0.15, -0.1) is 0 Å². The third-order valence-corrected chi connectivity index (χ3v) is 10.5. The third-order valence-electron chi connectivity index (χ3n) is 10.5. The lowest BCUT2D eigenvalue weighted by Crippen LogP contribution is -1.89. The molecule has 0 saturated heterocycles. The van der Waals surface area contributed by atoms with Gasteiger partial charge in [0.15, 0.2) is 0 Å². The van der Waals surface area contributed by atoms with Crippen LogP contribution in [0.5, 0.6) is 0 Å². The first-order valence-corrected chi connectivity index (χ1v) is 17.1. The molecule has 0 aliphatic heterocycles. The van der Waals surface area contributed by atoms with Gasteiger partial charge in [-0.2, -0.15) is 0 Å². The highest BCUT2D eigenvalue weighted by Crippen LogP contribution is 2.45. The van der Waals surface area contributed by atoms with E-state index in [0.29, 0.717) is 0 Å². The van der Waals surface area contributed by atoms with Crippen molar-refractivity contribution < 1.29 is 8.83 Å². The van der Waals surface area contributed by atoms with Crippen molar-refractivity contribution in [3.8, 4) is 44.7 Å². The maximum Gasteiger partial charge on any atom is 0.143 e. The lowest BCUT2D eigenvalue weighted by atomic mass is 9.87. The second kappa shape index (κ2) is 10.4. The van der Waals surface area contributed by atoms with Gasteiger partial charge >= 0.3 is 0 Å². The summed E-state index contributed by atoms with van der Waals surface area (Å²) >= 11 is 0. The van der Waals surface area contributed by atoms with Gasteiger partial charge in [0.05, 0.1) is 0 Å². The minimum atomic E-state index is 0.885. The number of furan rings is 2. The maximum atomic E-state index is 6.74. The van der Waals surface area contributed by atoms with Gasteiger partial charge in [-0.05, 0) is 90.5 Å². The molecule has 0 fully saturated rings. The topological polar surface area (TPSA) is 26.3 Å². The molecule has 0 aliphatic carbocycles. The molecule has 0 unspecified atom stereocenters. The van der Waals surface area contributed by atoms with E-state index in [2.05, 4.69) is 152 Å². The molecule has 2 aromatic heterocycles. The average Bonchev–Trinajstić information content (AvgIpc) is 3.75. The number of para-hydroxylation sites is 1. The standard InChI is InChI=1S/C48H28O2/c1-3-9-29(10-4-1)47-40-25-19-34(28-44(40)50-48(47)32-11-5-2-6-12-32)36-22-16-31-17-23-38-35(21-15-30-18-24-39(36)46(31)45(30)38)33-20-26-43-41(27-33)37-13-7-8-14-42(37)49-43/h1-28H. The van der Waals surface area contributed by atoms with Gasteiger partial charge < -0.3 is 8.83 Å². The zero-order chi connectivity index (χ0) is 32.8. The summed E-state index contributed by atoms with van der Waals surface area (Å²) in [5.74, 6) is 0.897. The Balaban J connectivity index is 1.11. The Morgan fingerprint density at radius 1 is 0.300 bits per heavy atom. The predicted octanol–water partition coefficient (Wildman–Crippen LogP) is 13.9. The van der Waals surface area contributed by atoms with Crippen molar-refractivity contribution in [2.24, 2.45) is 0 Å². The predicted molar refractivity (Wildman–Crippen MR) is 209 cm³/mol. The van der Waals surface area contributed by atoms with Crippen molar-refractivity contribution in [2.45, 2.75) is 0 Å². The molecule has 0 amide bonds. The zero-order valence-electron chi connectivity index (χ0n) is 27.0. The van der Waals surface area contributed by atoms with Gasteiger partial charge in [-0.25, -0.2) is 0 Å². The fourth-order valence-corrected chi connectivity index (χ4v) is 8.15. The molecular weight excluding hydrogens is 609 g/mol. The van der Waals surface area contributed by atoms with E-state index in [9.17, 15) is 0 Å². The summed E-state index contributed by atoms with van der Waals surface area (Å²) in [6.45, 7) is 0. The van der Waals surface area contributed by atoms with Crippen molar-refractivity contribution in [3.05, 3.63) is 170 Å². The van der Waals surface area contributed by atoms with Crippen LogP contribution in [-0.2, 0) is 0 Å². The number of fused-ring (bicyclic) bond motifs is 4. The Morgan fingerprint density at radius 3 is 1.58 bits per heavy atom. The van der Waals surface area contributed by atoms with E-state index in [1.807, 2.05) is 18.2 Å². The molecule has 2 heterocycles. The van der Waals surface area contributed by atoms with Crippen LogP contribution in [-0.4, -0.2) is 0 Å². The highest BCUT2D eigenvalue weighted by Gasteiger charge is 2.20. The molecular formula is C48H28O2. The van der Waals surface area contributed by atoms with Crippen LogP contribution in [0.3, 0.4) is 0 Å².